The Morgan fingerprint density at radius 3 is 2.33 bits per heavy atom. The van der Waals surface area contributed by atoms with Crippen LogP contribution in [-0.2, 0) is 0 Å². The van der Waals surface area contributed by atoms with Crippen molar-refractivity contribution in [2.75, 3.05) is 19.5 Å². The highest BCUT2D eigenvalue weighted by Crippen LogP contribution is 2.33. The van der Waals surface area contributed by atoms with E-state index in [2.05, 4.69) is 5.43 Å². The van der Waals surface area contributed by atoms with Crippen LogP contribution in [0.1, 0.15) is 0 Å². The predicted octanol–water partition coefficient (Wildman–Crippen LogP) is 2.79. The SMILES string of the molecule is CN(C)Nc1cc(Cl)c(Cl)cc1[N+](=O)[O-]. The Balaban J connectivity index is 3.22. The summed E-state index contributed by atoms with van der Waals surface area (Å²) >= 11 is 11.4. The molecule has 0 aliphatic rings. The van der Waals surface area contributed by atoms with E-state index in [1.807, 2.05) is 0 Å². The molecule has 0 amide bonds. The second kappa shape index (κ2) is 4.65. The number of benzene rings is 1. The van der Waals surface area contributed by atoms with E-state index in [0.717, 1.165) is 0 Å². The van der Waals surface area contributed by atoms with Gasteiger partial charge in [0.05, 0.1) is 15.0 Å². The van der Waals surface area contributed by atoms with E-state index in [0.29, 0.717) is 5.69 Å². The van der Waals surface area contributed by atoms with Gasteiger partial charge in [-0.15, -0.1) is 0 Å². The highest BCUT2D eigenvalue weighted by Gasteiger charge is 2.17. The molecule has 7 heteroatoms. The van der Waals surface area contributed by atoms with Crippen molar-refractivity contribution >= 4 is 34.6 Å². The second-order valence-corrected chi connectivity index (χ2v) is 3.86. The molecule has 0 aromatic heterocycles. The molecule has 0 atom stereocenters. The van der Waals surface area contributed by atoms with Crippen molar-refractivity contribution in [2.45, 2.75) is 0 Å². The number of hydrogen-bond donors (Lipinski definition) is 1. The number of halogens is 2. The van der Waals surface area contributed by atoms with Gasteiger partial charge in [0.1, 0.15) is 5.69 Å². The minimum Gasteiger partial charge on any atom is -0.313 e. The van der Waals surface area contributed by atoms with Gasteiger partial charge in [0.25, 0.3) is 5.69 Å². The second-order valence-electron chi connectivity index (χ2n) is 3.05. The first kappa shape index (κ1) is 12.0. The standard InChI is InChI=1S/C8H9Cl2N3O2/c1-12(2)11-7-3-5(9)6(10)4-8(7)13(14)15/h3-4,11H,1-2H3. The summed E-state index contributed by atoms with van der Waals surface area (Å²) in [6.07, 6.45) is 0. The van der Waals surface area contributed by atoms with Crippen molar-refractivity contribution in [1.29, 1.82) is 0 Å². The van der Waals surface area contributed by atoms with Crippen molar-refractivity contribution in [3.8, 4) is 0 Å². The van der Waals surface area contributed by atoms with E-state index in [1.54, 1.807) is 19.1 Å². The molecule has 5 nitrogen and oxygen atoms in total. The monoisotopic (exact) mass is 249 g/mol. The normalized spacial score (nSPS) is 10.5. The van der Waals surface area contributed by atoms with E-state index in [9.17, 15) is 10.1 Å². The molecule has 0 radical (unpaired) electrons. The van der Waals surface area contributed by atoms with Crippen LogP contribution in [0.25, 0.3) is 0 Å². The molecule has 82 valence electrons. The smallest absolute Gasteiger partial charge is 0.295 e. The molecule has 0 saturated heterocycles. The van der Waals surface area contributed by atoms with Crippen molar-refractivity contribution in [1.82, 2.24) is 5.01 Å². The van der Waals surface area contributed by atoms with E-state index in [-0.39, 0.29) is 15.7 Å². The van der Waals surface area contributed by atoms with Gasteiger partial charge in [0.2, 0.25) is 0 Å². The van der Waals surface area contributed by atoms with Crippen LogP contribution >= 0.6 is 23.2 Å². The fourth-order valence-corrected chi connectivity index (χ4v) is 1.34. The Bertz CT molecular complexity index is 396. The van der Waals surface area contributed by atoms with Gasteiger partial charge in [-0.25, -0.2) is 5.01 Å². The average molecular weight is 250 g/mol. The van der Waals surface area contributed by atoms with Crippen LogP contribution in [0, 0.1) is 10.1 Å². The summed E-state index contributed by atoms with van der Waals surface area (Å²) in [6, 6.07) is 2.64. The maximum Gasteiger partial charge on any atom is 0.295 e. The van der Waals surface area contributed by atoms with Gasteiger partial charge in [-0.2, -0.15) is 0 Å². The van der Waals surface area contributed by atoms with E-state index < -0.39 is 4.92 Å². The molecule has 0 bridgehead atoms. The lowest BCUT2D eigenvalue weighted by atomic mass is 10.3. The molecule has 15 heavy (non-hydrogen) atoms. The van der Waals surface area contributed by atoms with Gasteiger partial charge < -0.3 is 5.43 Å². The predicted molar refractivity (Wildman–Crippen MR) is 60.4 cm³/mol. The maximum atomic E-state index is 10.7. The van der Waals surface area contributed by atoms with Crippen molar-refractivity contribution < 1.29 is 4.92 Å². The topological polar surface area (TPSA) is 58.4 Å². The zero-order valence-corrected chi connectivity index (χ0v) is 9.63. The molecular formula is C8H9Cl2N3O2. The number of anilines is 1. The van der Waals surface area contributed by atoms with Crippen LogP contribution in [-0.4, -0.2) is 24.0 Å². The number of rotatable bonds is 3. The zero-order valence-electron chi connectivity index (χ0n) is 8.12. The molecular weight excluding hydrogens is 241 g/mol. The Kier molecular flexibility index (Phi) is 3.73. The number of hydrogen-bond acceptors (Lipinski definition) is 4. The lowest BCUT2D eigenvalue weighted by molar-refractivity contribution is -0.384. The summed E-state index contributed by atoms with van der Waals surface area (Å²) in [6.45, 7) is 0. The molecule has 0 aliphatic heterocycles. The Hall–Kier alpha value is -1.04. The van der Waals surface area contributed by atoms with Crippen LogP contribution < -0.4 is 5.43 Å². The number of nitrogens with zero attached hydrogens (tertiary/aromatic N) is 2. The van der Waals surface area contributed by atoms with Gasteiger partial charge in [-0.05, 0) is 6.07 Å². The first-order valence-electron chi connectivity index (χ1n) is 3.99. The van der Waals surface area contributed by atoms with Crippen LogP contribution in [0.4, 0.5) is 11.4 Å². The minimum atomic E-state index is -0.520. The fraction of sp³-hybridized carbons (Fsp3) is 0.250. The number of nitrogens with one attached hydrogen (secondary N) is 1. The van der Waals surface area contributed by atoms with Gasteiger partial charge in [0.15, 0.2) is 0 Å². The van der Waals surface area contributed by atoms with E-state index >= 15 is 0 Å². The lowest BCUT2D eigenvalue weighted by Gasteiger charge is -2.13. The first-order valence-corrected chi connectivity index (χ1v) is 4.75. The molecule has 1 aromatic rings. The van der Waals surface area contributed by atoms with Crippen molar-refractivity contribution in [3.63, 3.8) is 0 Å². The third kappa shape index (κ3) is 2.95. The average Bonchev–Trinajstić information content (AvgIpc) is 2.09. The Morgan fingerprint density at radius 1 is 1.33 bits per heavy atom. The van der Waals surface area contributed by atoms with Crippen LogP contribution in [0.3, 0.4) is 0 Å². The molecule has 1 rings (SSSR count). The summed E-state index contributed by atoms with van der Waals surface area (Å²) in [5, 5.41) is 12.7. The van der Waals surface area contributed by atoms with Gasteiger partial charge in [-0.1, -0.05) is 23.2 Å². The maximum absolute atomic E-state index is 10.7. The summed E-state index contributed by atoms with van der Waals surface area (Å²) in [7, 11) is 3.43. The summed E-state index contributed by atoms with van der Waals surface area (Å²) < 4.78 is 0. The van der Waals surface area contributed by atoms with E-state index in [1.165, 1.54) is 12.1 Å². The molecule has 1 N–H and O–H groups in total. The highest BCUT2D eigenvalue weighted by atomic mass is 35.5. The molecule has 0 spiro atoms. The zero-order chi connectivity index (χ0) is 11.6. The van der Waals surface area contributed by atoms with Crippen LogP contribution in [0.5, 0.6) is 0 Å². The number of hydrazine groups is 1. The van der Waals surface area contributed by atoms with Gasteiger partial charge in [0, 0.05) is 20.2 Å². The van der Waals surface area contributed by atoms with Crippen molar-refractivity contribution in [3.05, 3.63) is 32.3 Å². The summed E-state index contributed by atoms with van der Waals surface area (Å²) in [4.78, 5) is 10.2. The highest BCUT2D eigenvalue weighted by molar-refractivity contribution is 6.42. The summed E-state index contributed by atoms with van der Waals surface area (Å²) in [5.41, 5.74) is 2.96. The Morgan fingerprint density at radius 2 is 1.87 bits per heavy atom. The van der Waals surface area contributed by atoms with Crippen LogP contribution in [0.2, 0.25) is 10.0 Å². The minimum absolute atomic E-state index is 0.113. The third-order valence-electron chi connectivity index (χ3n) is 1.58. The lowest BCUT2D eigenvalue weighted by Crippen LogP contribution is -2.20. The molecule has 0 heterocycles. The fourth-order valence-electron chi connectivity index (χ4n) is 1.02. The molecule has 1 aromatic carbocycles. The quantitative estimate of drug-likeness (QED) is 0.661. The van der Waals surface area contributed by atoms with E-state index in [4.69, 9.17) is 23.2 Å². The number of nitro groups is 1. The Labute approximate surface area is 96.7 Å². The number of nitro benzene ring substituents is 1. The molecule has 0 unspecified atom stereocenters. The van der Waals surface area contributed by atoms with Crippen LogP contribution in [0.15, 0.2) is 12.1 Å². The van der Waals surface area contributed by atoms with Crippen molar-refractivity contribution in [2.24, 2.45) is 0 Å². The third-order valence-corrected chi connectivity index (χ3v) is 2.30. The largest absolute Gasteiger partial charge is 0.313 e. The molecule has 0 aliphatic carbocycles. The summed E-state index contributed by atoms with van der Waals surface area (Å²) in [5.74, 6) is 0. The first-order chi connectivity index (χ1) is 6.91. The molecule has 0 fully saturated rings. The molecule has 0 saturated carbocycles. The van der Waals surface area contributed by atoms with Gasteiger partial charge in [-0.3, -0.25) is 10.1 Å². The van der Waals surface area contributed by atoms with Gasteiger partial charge >= 0.3 is 0 Å².